The molecule has 1 atom stereocenters. The summed E-state index contributed by atoms with van der Waals surface area (Å²) in [5, 5.41) is 2.79. The molecule has 23 heavy (non-hydrogen) atoms. The van der Waals surface area contributed by atoms with Gasteiger partial charge in [0.15, 0.2) is 0 Å². The number of rotatable bonds is 5. The second kappa shape index (κ2) is 6.98. The van der Waals surface area contributed by atoms with Crippen LogP contribution in [-0.2, 0) is 9.53 Å². The highest BCUT2D eigenvalue weighted by atomic mass is 16.5. The van der Waals surface area contributed by atoms with Gasteiger partial charge < -0.3 is 15.0 Å². The third-order valence-corrected chi connectivity index (χ3v) is 4.72. The quantitative estimate of drug-likeness (QED) is 0.840. The van der Waals surface area contributed by atoms with Gasteiger partial charge in [-0.15, -0.1) is 0 Å². The van der Waals surface area contributed by atoms with Gasteiger partial charge in [-0.05, 0) is 31.4 Å². The molecule has 1 unspecified atom stereocenters. The van der Waals surface area contributed by atoms with E-state index in [1.165, 1.54) is 25.7 Å². The Kier molecular flexibility index (Phi) is 4.79. The molecule has 0 aromatic carbocycles. The maximum Gasteiger partial charge on any atom is 0.338 e. The molecule has 0 spiro atoms. The van der Waals surface area contributed by atoms with E-state index in [0.29, 0.717) is 18.0 Å². The van der Waals surface area contributed by atoms with Crippen LogP contribution in [0.25, 0.3) is 0 Å². The van der Waals surface area contributed by atoms with Crippen LogP contribution in [0.2, 0.25) is 0 Å². The zero-order valence-corrected chi connectivity index (χ0v) is 13.5. The molecular weight excluding hydrogens is 294 g/mol. The lowest BCUT2D eigenvalue weighted by Crippen LogP contribution is -2.31. The minimum absolute atomic E-state index is 0.0236. The van der Waals surface area contributed by atoms with Crippen molar-refractivity contribution in [1.82, 2.24) is 10.3 Å². The molecule has 1 N–H and O–H groups in total. The molecule has 2 heterocycles. The Morgan fingerprint density at radius 1 is 1.39 bits per heavy atom. The molecule has 1 saturated carbocycles. The fraction of sp³-hybridized carbons (Fsp3) is 0.588. The van der Waals surface area contributed by atoms with E-state index in [1.807, 2.05) is 7.05 Å². The molecule has 0 bridgehead atoms. The molecular formula is C17H23N3O3. The minimum Gasteiger partial charge on any atom is -0.460 e. The average Bonchev–Trinajstić information content (AvgIpc) is 3.23. The SMILES string of the molecule is CN(c1cc(C(=O)OCC2CCC(=O)N2)ccn1)C1CCCC1. The number of nitrogens with one attached hydrogen (secondary N) is 1. The largest absolute Gasteiger partial charge is 0.460 e. The van der Waals surface area contributed by atoms with Gasteiger partial charge >= 0.3 is 5.97 Å². The molecule has 1 amide bonds. The summed E-state index contributed by atoms with van der Waals surface area (Å²) in [5.41, 5.74) is 0.504. The summed E-state index contributed by atoms with van der Waals surface area (Å²) >= 11 is 0. The molecule has 6 nitrogen and oxygen atoms in total. The third-order valence-electron chi connectivity index (χ3n) is 4.72. The molecule has 1 aromatic heterocycles. The molecule has 1 aliphatic heterocycles. The van der Waals surface area contributed by atoms with E-state index in [-0.39, 0.29) is 24.5 Å². The Hall–Kier alpha value is -2.11. The van der Waals surface area contributed by atoms with Crippen molar-refractivity contribution in [3.8, 4) is 0 Å². The zero-order valence-electron chi connectivity index (χ0n) is 13.5. The van der Waals surface area contributed by atoms with Crippen LogP contribution >= 0.6 is 0 Å². The standard InChI is InChI=1S/C17H23N3O3/c1-20(14-4-2-3-5-14)15-10-12(8-9-18-15)17(22)23-11-13-6-7-16(21)19-13/h8-10,13-14H,2-7,11H2,1H3,(H,19,21). The van der Waals surface area contributed by atoms with Crippen LogP contribution < -0.4 is 10.2 Å². The number of hydrogen-bond donors (Lipinski definition) is 1. The first kappa shape index (κ1) is 15.8. The predicted octanol–water partition coefficient (Wildman–Crippen LogP) is 1.90. The lowest BCUT2D eigenvalue weighted by atomic mass is 10.2. The maximum atomic E-state index is 12.2. The Morgan fingerprint density at radius 3 is 2.87 bits per heavy atom. The van der Waals surface area contributed by atoms with Crippen LogP contribution in [-0.4, -0.2) is 42.6 Å². The van der Waals surface area contributed by atoms with Gasteiger partial charge in [-0.1, -0.05) is 12.8 Å². The van der Waals surface area contributed by atoms with Gasteiger partial charge in [0.05, 0.1) is 11.6 Å². The van der Waals surface area contributed by atoms with Crippen LogP contribution in [0.5, 0.6) is 0 Å². The van der Waals surface area contributed by atoms with Crippen LogP contribution in [0.4, 0.5) is 5.82 Å². The smallest absolute Gasteiger partial charge is 0.338 e. The molecule has 1 aliphatic carbocycles. The predicted molar refractivity (Wildman–Crippen MR) is 86.3 cm³/mol. The summed E-state index contributed by atoms with van der Waals surface area (Å²) in [6.07, 6.45) is 7.73. The third kappa shape index (κ3) is 3.81. The second-order valence-electron chi connectivity index (χ2n) is 6.35. The fourth-order valence-corrected chi connectivity index (χ4v) is 3.28. The van der Waals surface area contributed by atoms with E-state index in [9.17, 15) is 9.59 Å². The molecule has 2 fully saturated rings. The number of carbonyl (C=O) groups excluding carboxylic acids is 2. The normalized spacial score (nSPS) is 21.3. The Morgan fingerprint density at radius 2 is 2.17 bits per heavy atom. The second-order valence-corrected chi connectivity index (χ2v) is 6.35. The highest BCUT2D eigenvalue weighted by molar-refractivity contribution is 5.90. The number of carbonyl (C=O) groups is 2. The van der Waals surface area contributed by atoms with Crippen LogP contribution in [0.3, 0.4) is 0 Å². The molecule has 1 aromatic rings. The van der Waals surface area contributed by atoms with Crippen LogP contribution in [0, 0.1) is 0 Å². The number of ether oxygens (including phenoxy) is 1. The zero-order chi connectivity index (χ0) is 16.2. The molecule has 0 radical (unpaired) electrons. The Labute approximate surface area is 136 Å². The van der Waals surface area contributed by atoms with E-state index in [4.69, 9.17) is 4.74 Å². The van der Waals surface area contributed by atoms with Crippen LogP contribution in [0.1, 0.15) is 48.9 Å². The number of nitrogens with zero attached hydrogens (tertiary/aromatic N) is 2. The number of pyridine rings is 1. The van der Waals surface area contributed by atoms with Gasteiger partial charge in [0.2, 0.25) is 5.91 Å². The van der Waals surface area contributed by atoms with Gasteiger partial charge in [0, 0.05) is 25.7 Å². The van der Waals surface area contributed by atoms with Crippen molar-refractivity contribution in [2.24, 2.45) is 0 Å². The summed E-state index contributed by atoms with van der Waals surface area (Å²) in [6.45, 7) is 0.223. The van der Waals surface area contributed by atoms with E-state index < -0.39 is 0 Å². The average molecular weight is 317 g/mol. The topological polar surface area (TPSA) is 71.5 Å². The number of hydrogen-bond acceptors (Lipinski definition) is 5. The van der Waals surface area contributed by atoms with Crippen molar-refractivity contribution in [1.29, 1.82) is 0 Å². The molecule has 124 valence electrons. The summed E-state index contributed by atoms with van der Waals surface area (Å²) in [7, 11) is 2.03. The minimum atomic E-state index is -0.366. The first-order valence-electron chi connectivity index (χ1n) is 8.29. The van der Waals surface area contributed by atoms with Gasteiger partial charge in [0.25, 0.3) is 0 Å². The molecule has 6 heteroatoms. The summed E-state index contributed by atoms with van der Waals surface area (Å²) in [6, 6.07) is 3.89. The fourth-order valence-electron chi connectivity index (χ4n) is 3.28. The lowest BCUT2D eigenvalue weighted by molar-refractivity contribution is -0.119. The molecule has 1 saturated heterocycles. The Balaban J connectivity index is 1.59. The van der Waals surface area contributed by atoms with E-state index in [0.717, 1.165) is 12.2 Å². The number of amides is 1. The van der Waals surface area contributed by atoms with Crippen molar-refractivity contribution in [2.75, 3.05) is 18.6 Å². The summed E-state index contributed by atoms with van der Waals surface area (Å²) in [5.74, 6) is 0.463. The maximum absolute atomic E-state index is 12.2. The van der Waals surface area contributed by atoms with Crippen molar-refractivity contribution >= 4 is 17.7 Å². The first-order chi connectivity index (χ1) is 11.1. The first-order valence-corrected chi connectivity index (χ1v) is 8.29. The summed E-state index contributed by atoms with van der Waals surface area (Å²) < 4.78 is 5.32. The molecule has 3 rings (SSSR count). The van der Waals surface area contributed by atoms with Crippen molar-refractivity contribution in [2.45, 2.75) is 50.6 Å². The van der Waals surface area contributed by atoms with Crippen LogP contribution in [0.15, 0.2) is 18.3 Å². The monoisotopic (exact) mass is 317 g/mol. The van der Waals surface area contributed by atoms with Gasteiger partial charge in [-0.3, -0.25) is 4.79 Å². The van der Waals surface area contributed by atoms with Gasteiger partial charge in [0.1, 0.15) is 12.4 Å². The number of anilines is 1. The highest BCUT2D eigenvalue weighted by Crippen LogP contribution is 2.26. The number of esters is 1. The molecule has 2 aliphatic rings. The lowest BCUT2D eigenvalue weighted by Gasteiger charge is -2.25. The van der Waals surface area contributed by atoms with Gasteiger partial charge in [-0.25, -0.2) is 9.78 Å². The Bertz CT molecular complexity index is 584. The number of aromatic nitrogens is 1. The van der Waals surface area contributed by atoms with Crippen molar-refractivity contribution in [3.05, 3.63) is 23.9 Å². The van der Waals surface area contributed by atoms with E-state index >= 15 is 0 Å². The highest BCUT2D eigenvalue weighted by Gasteiger charge is 2.23. The van der Waals surface area contributed by atoms with Crippen molar-refractivity contribution < 1.29 is 14.3 Å². The van der Waals surface area contributed by atoms with E-state index in [2.05, 4.69) is 15.2 Å². The van der Waals surface area contributed by atoms with E-state index in [1.54, 1.807) is 18.3 Å². The van der Waals surface area contributed by atoms with Gasteiger partial charge in [-0.2, -0.15) is 0 Å². The van der Waals surface area contributed by atoms with Crippen molar-refractivity contribution in [3.63, 3.8) is 0 Å². The summed E-state index contributed by atoms with van der Waals surface area (Å²) in [4.78, 5) is 29.9.